The third-order valence-electron chi connectivity index (χ3n) is 3.97. The van der Waals surface area contributed by atoms with Crippen LogP contribution in [0.4, 0.5) is 13.2 Å². The summed E-state index contributed by atoms with van der Waals surface area (Å²) in [6.07, 6.45) is -4.77. The van der Waals surface area contributed by atoms with Crippen molar-refractivity contribution in [3.05, 3.63) is 57.4 Å². The van der Waals surface area contributed by atoms with Gasteiger partial charge in [0.15, 0.2) is 5.52 Å². The molecule has 1 atom stereocenters. The highest BCUT2D eigenvalue weighted by atomic mass is 19.4. The number of halogens is 3. The molecule has 0 spiro atoms. The molecule has 0 aromatic carbocycles. The first-order valence-electron chi connectivity index (χ1n) is 8.30. The van der Waals surface area contributed by atoms with Crippen LogP contribution in [-0.2, 0) is 10.9 Å². The number of ether oxygens (including phenoxy) is 2. The average molecular weight is 408 g/mol. The highest BCUT2D eigenvalue weighted by Gasteiger charge is 2.37. The standard InChI is InChI=1S/C18H15F3N4O4/c1-8(29-13-5-4-10(7-22-13)17(27)28-3)14-11(18(19,20)21)6-12-15(25-14)16(26)24-9(2)23-12/h4-8H,1-3H3,(H,23,24,26)/t8-/m0/s1. The average Bonchev–Trinajstić information content (AvgIpc) is 2.66. The number of carbonyl (C=O) groups excluding carboxylic acids is 1. The Labute approximate surface area is 161 Å². The predicted octanol–water partition coefficient (Wildman–Crippen LogP) is 2.97. The van der Waals surface area contributed by atoms with Gasteiger partial charge in [-0.05, 0) is 26.0 Å². The number of hydrogen-bond donors (Lipinski definition) is 1. The molecule has 0 aliphatic carbocycles. The minimum Gasteiger partial charge on any atom is -0.468 e. The maximum atomic E-state index is 13.6. The lowest BCUT2D eigenvalue weighted by molar-refractivity contribution is -0.139. The molecule has 0 aliphatic rings. The molecule has 29 heavy (non-hydrogen) atoms. The topological polar surface area (TPSA) is 107 Å². The van der Waals surface area contributed by atoms with Crippen LogP contribution in [0.5, 0.6) is 5.88 Å². The first kappa shape index (κ1) is 20.2. The van der Waals surface area contributed by atoms with Gasteiger partial charge in [-0.2, -0.15) is 13.2 Å². The number of aromatic nitrogens is 4. The van der Waals surface area contributed by atoms with Crippen molar-refractivity contribution in [3.8, 4) is 5.88 Å². The molecule has 0 saturated carbocycles. The zero-order valence-corrected chi connectivity index (χ0v) is 15.5. The second-order valence-corrected chi connectivity index (χ2v) is 6.07. The minimum atomic E-state index is -4.74. The number of carbonyl (C=O) groups is 1. The summed E-state index contributed by atoms with van der Waals surface area (Å²) in [7, 11) is 1.21. The van der Waals surface area contributed by atoms with Crippen LogP contribution in [0.2, 0.25) is 0 Å². The molecular weight excluding hydrogens is 393 g/mol. The number of nitrogens with zero attached hydrogens (tertiary/aromatic N) is 3. The molecule has 0 radical (unpaired) electrons. The normalized spacial score (nSPS) is 12.6. The maximum absolute atomic E-state index is 13.6. The molecule has 3 rings (SSSR count). The molecule has 11 heteroatoms. The SMILES string of the molecule is COC(=O)c1ccc(O[C@@H](C)c2nc3c(=O)[nH]c(C)nc3cc2C(F)(F)F)nc1. The van der Waals surface area contributed by atoms with Crippen LogP contribution >= 0.6 is 0 Å². The van der Waals surface area contributed by atoms with E-state index in [0.717, 1.165) is 6.07 Å². The summed E-state index contributed by atoms with van der Waals surface area (Å²) < 4.78 is 50.7. The van der Waals surface area contributed by atoms with E-state index in [-0.39, 0.29) is 28.3 Å². The van der Waals surface area contributed by atoms with E-state index in [4.69, 9.17) is 4.74 Å². The molecule has 3 aromatic heterocycles. The van der Waals surface area contributed by atoms with Crippen molar-refractivity contribution in [3.63, 3.8) is 0 Å². The summed E-state index contributed by atoms with van der Waals surface area (Å²) in [6.45, 7) is 2.80. The molecule has 0 unspecified atom stereocenters. The van der Waals surface area contributed by atoms with E-state index < -0.39 is 35.1 Å². The van der Waals surface area contributed by atoms with E-state index >= 15 is 0 Å². The minimum absolute atomic E-state index is 0.0314. The predicted molar refractivity (Wildman–Crippen MR) is 94.5 cm³/mol. The Kier molecular flexibility index (Phi) is 5.23. The van der Waals surface area contributed by atoms with Gasteiger partial charge in [-0.3, -0.25) is 4.79 Å². The number of hydrogen-bond acceptors (Lipinski definition) is 7. The van der Waals surface area contributed by atoms with Crippen molar-refractivity contribution in [2.75, 3.05) is 7.11 Å². The number of H-pyrrole nitrogens is 1. The molecule has 8 nitrogen and oxygen atoms in total. The van der Waals surface area contributed by atoms with Crippen molar-refractivity contribution in [2.45, 2.75) is 26.1 Å². The quantitative estimate of drug-likeness (QED) is 0.662. The third-order valence-corrected chi connectivity index (χ3v) is 3.97. The monoisotopic (exact) mass is 408 g/mol. The Morgan fingerprint density at radius 2 is 1.97 bits per heavy atom. The largest absolute Gasteiger partial charge is 0.468 e. The molecule has 0 aliphatic heterocycles. The molecule has 1 N–H and O–H groups in total. The highest BCUT2D eigenvalue weighted by molar-refractivity contribution is 5.88. The van der Waals surface area contributed by atoms with Crippen molar-refractivity contribution in [1.82, 2.24) is 19.9 Å². The van der Waals surface area contributed by atoms with E-state index in [1.807, 2.05) is 0 Å². The van der Waals surface area contributed by atoms with E-state index in [2.05, 4.69) is 24.7 Å². The Balaban J connectivity index is 2.03. The van der Waals surface area contributed by atoms with Gasteiger partial charge >= 0.3 is 12.1 Å². The lowest BCUT2D eigenvalue weighted by Gasteiger charge is -2.19. The van der Waals surface area contributed by atoms with Crippen molar-refractivity contribution in [2.24, 2.45) is 0 Å². The van der Waals surface area contributed by atoms with Gasteiger partial charge in [-0.15, -0.1) is 0 Å². The van der Waals surface area contributed by atoms with E-state index in [1.165, 1.54) is 39.3 Å². The number of methoxy groups -OCH3 is 1. The third kappa shape index (κ3) is 4.18. The fraction of sp³-hybridized carbons (Fsp3) is 0.278. The van der Waals surface area contributed by atoms with E-state index in [0.29, 0.717) is 0 Å². The van der Waals surface area contributed by atoms with Crippen LogP contribution in [0, 0.1) is 6.92 Å². The van der Waals surface area contributed by atoms with Crippen LogP contribution in [0.1, 0.15) is 40.5 Å². The van der Waals surface area contributed by atoms with Crippen molar-refractivity contribution in [1.29, 1.82) is 0 Å². The Morgan fingerprint density at radius 3 is 2.55 bits per heavy atom. The van der Waals surface area contributed by atoms with Crippen molar-refractivity contribution < 1.29 is 27.4 Å². The number of aryl methyl sites for hydroxylation is 1. The van der Waals surface area contributed by atoms with Crippen LogP contribution in [0.15, 0.2) is 29.2 Å². The molecule has 0 saturated heterocycles. The number of alkyl halides is 3. The van der Waals surface area contributed by atoms with Gasteiger partial charge in [0.25, 0.3) is 5.56 Å². The van der Waals surface area contributed by atoms with Crippen LogP contribution in [-0.4, -0.2) is 33.0 Å². The highest BCUT2D eigenvalue weighted by Crippen LogP contribution is 2.36. The lowest BCUT2D eigenvalue weighted by Crippen LogP contribution is -2.20. The number of fused-ring (bicyclic) bond motifs is 1. The summed E-state index contributed by atoms with van der Waals surface area (Å²) in [6, 6.07) is 3.44. The number of esters is 1. The second-order valence-electron chi connectivity index (χ2n) is 6.07. The second kappa shape index (κ2) is 7.49. The Morgan fingerprint density at radius 1 is 1.24 bits per heavy atom. The first-order valence-corrected chi connectivity index (χ1v) is 8.30. The number of nitrogens with one attached hydrogen (secondary N) is 1. The Hall–Kier alpha value is -3.50. The van der Waals surface area contributed by atoms with Gasteiger partial charge in [0.05, 0.1) is 29.4 Å². The van der Waals surface area contributed by atoms with Gasteiger partial charge in [0.2, 0.25) is 5.88 Å². The summed E-state index contributed by atoms with van der Waals surface area (Å²) in [5.74, 6) is -0.477. The fourth-order valence-corrected chi connectivity index (χ4v) is 2.66. The van der Waals surface area contributed by atoms with Gasteiger partial charge in [-0.25, -0.2) is 19.7 Å². The first-order chi connectivity index (χ1) is 13.6. The van der Waals surface area contributed by atoms with Crippen LogP contribution in [0.25, 0.3) is 11.0 Å². The molecule has 3 aromatic rings. The summed E-state index contributed by atoms with van der Waals surface area (Å²) in [4.78, 5) is 37.6. The molecule has 0 amide bonds. The number of rotatable bonds is 4. The van der Waals surface area contributed by atoms with Gasteiger partial charge in [0.1, 0.15) is 11.9 Å². The summed E-state index contributed by atoms with van der Waals surface area (Å²) in [5, 5.41) is 0. The maximum Gasteiger partial charge on any atom is 0.418 e. The molecule has 0 fully saturated rings. The zero-order chi connectivity index (χ0) is 21.3. The van der Waals surface area contributed by atoms with E-state index in [1.54, 1.807) is 0 Å². The number of pyridine rings is 2. The summed E-state index contributed by atoms with van der Waals surface area (Å²) >= 11 is 0. The van der Waals surface area contributed by atoms with Crippen molar-refractivity contribution >= 4 is 17.0 Å². The molecular formula is C18H15F3N4O4. The van der Waals surface area contributed by atoms with Crippen LogP contribution in [0.3, 0.4) is 0 Å². The fourth-order valence-electron chi connectivity index (χ4n) is 2.66. The van der Waals surface area contributed by atoms with Gasteiger partial charge in [0, 0.05) is 12.3 Å². The number of aromatic amines is 1. The molecule has 3 heterocycles. The molecule has 0 bridgehead atoms. The van der Waals surface area contributed by atoms with Crippen LogP contribution < -0.4 is 10.3 Å². The van der Waals surface area contributed by atoms with E-state index in [9.17, 15) is 22.8 Å². The lowest BCUT2D eigenvalue weighted by atomic mass is 10.1. The summed E-state index contributed by atoms with van der Waals surface area (Å²) in [5.41, 5.74) is -2.46. The molecule has 152 valence electrons. The zero-order valence-electron chi connectivity index (χ0n) is 15.5. The van der Waals surface area contributed by atoms with Gasteiger partial charge in [-0.1, -0.05) is 0 Å². The Bertz CT molecular complexity index is 1130. The van der Waals surface area contributed by atoms with Gasteiger partial charge < -0.3 is 14.5 Å². The smallest absolute Gasteiger partial charge is 0.418 e.